The maximum atomic E-state index is 12.2. The van der Waals surface area contributed by atoms with E-state index < -0.39 is 11.9 Å². The van der Waals surface area contributed by atoms with Gasteiger partial charge in [0.25, 0.3) is 0 Å². The number of hydrogen-bond acceptors (Lipinski definition) is 4. The molecule has 0 unspecified atom stereocenters. The standard InChI is InChI=1S/C20H18O3S/c1-11(2)17-18(20(22)23-19(17)21)12(3)15-10-16(24-13(15)4)14-8-6-5-7-9-14/h5-10H,1-4H3/b18-12+. The summed E-state index contributed by atoms with van der Waals surface area (Å²) in [7, 11) is 0. The largest absolute Gasteiger partial charge is 0.386 e. The Labute approximate surface area is 145 Å². The van der Waals surface area contributed by atoms with Crippen molar-refractivity contribution in [1.29, 1.82) is 0 Å². The van der Waals surface area contributed by atoms with Gasteiger partial charge in [0.15, 0.2) is 0 Å². The van der Waals surface area contributed by atoms with Gasteiger partial charge in [-0.15, -0.1) is 11.3 Å². The van der Waals surface area contributed by atoms with Gasteiger partial charge >= 0.3 is 11.9 Å². The SMILES string of the molecule is CC(C)=C1C(=O)OC(=O)/C1=C(\C)c1cc(-c2ccccc2)sc1C. The van der Waals surface area contributed by atoms with Gasteiger partial charge in [-0.25, -0.2) is 9.59 Å². The van der Waals surface area contributed by atoms with Crippen molar-refractivity contribution < 1.29 is 14.3 Å². The van der Waals surface area contributed by atoms with Gasteiger partial charge in [0.1, 0.15) is 0 Å². The van der Waals surface area contributed by atoms with Crippen LogP contribution in [0.5, 0.6) is 0 Å². The maximum Gasteiger partial charge on any atom is 0.347 e. The second kappa shape index (κ2) is 6.21. The van der Waals surface area contributed by atoms with E-state index in [4.69, 9.17) is 4.74 Å². The number of allylic oxidation sites excluding steroid dienone is 2. The number of thiophene rings is 1. The Morgan fingerprint density at radius 2 is 1.58 bits per heavy atom. The van der Waals surface area contributed by atoms with Crippen LogP contribution >= 0.6 is 11.3 Å². The molecule has 0 radical (unpaired) electrons. The molecule has 122 valence electrons. The van der Waals surface area contributed by atoms with E-state index in [2.05, 4.69) is 18.2 Å². The van der Waals surface area contributed by atoms with Crippen LogP contribution in [0.4, 0.5) is 0 Å². The van der Waals surface area contributed by atoms with E-state index in [1.54, 1.807) is 11.3 Å². The lowest BCUT2D eigenvalue weighted by Gasteiger charge is -2.05. The zero-order valence-electron chi connectivity index (χ0n) is 14.1. The third-order valence-electron chi connectivity index (χ3n) is 4.10. The first kappa shape index (κ1) is 16.4. The molecule has 1 fully saturated rings. The molecule has 0 amide bonds. The van der Waals surface area contributed by atoms with Crippen LogP contribution in [-0.4, -0.2) is 11.9 Å². The highest BCUT2D eigenvalue weighted by atomic mass is 32.1. The minimum absolute atomic E-state index is 0.389. The highest BCUT2D eigenvalue weighted by molar-refractivity contribution is 7.15. The fourth-order valence-electron chi connectivity index (χ4n) is 2.92. The summed E-state index contributed by atoms with van der Waals surface area (Å²) in [5.74, 6) is -1.11. The predicted molar refractivity (Wildman–Crippen MR) is 96.6 cm³/mol. The normalized spacial score (nSPS) is 16.4. The third kappa shape index (κ3) is 2.74. The van der Waals surface area contributed by atoms with Crippen molar-refractivity contribution in [2.45, 2.75) is 27.7 Å². The number of carbonyl (C=O) groups excluding carboxylic acids is 2. The van der Waals surface area contributed by atoms with Crippen LogP contribution in [0.25, 0.3) is 16.0 Å². The van der Waals surface area contributed by atoms with Crippen molar-refractivity contribution in [3.63, 3.8) is 0 Å². The smallest absolute Gasteiger partial charge is 0.347 e. The molecule has 3 rings (SSSR count). The molecule has 1 saturated heterocycles. The van der Waals surface area contributed by atoms with Gasteiger partial charge < -0.3 is 4.74 Å². The van der Waals surface area contributed by atoms with E-state index in [-0.39, 0.29) is 0 Å². The summed E-state index contributed by atoms with van der Waals surface area (Å²) in [6.45, 7) is 7.54. The monoisotopic (exact) mass is 338 g/mol. The summed E-state index contributed by atoms with van der Waals surface area (Å²) in [6, 6.07) is 12.2. The molecular formula is C20H18O3S. The first-order chi connectivity index (χ1) is 11.4. The Bertz CT molecular complexity index is 894. The van der Waals surface area contributed by atoms with Crippen molar-refractivity contribution in [2.24, 2.45) is 0 Å². The molecule has 1 aliphatic rings. The summed E-state index contributed by atoms with van der Waals surface area (Å²) in [5, 5.41) is 0. The van der Waals surface area contributed by atoms with Crippen molar-refractivity contribution >= 4 is 28.8 Å². The number of cyclic esters (lactones) is 2. The summed E-state index contributed by atoms with van der Waals surface area (Å²) < 4.78 is 4.83. The van der Waals surface area contributed by atoms with Gasteiger partial charge in [0.2, 0.25) is 0 Å². The van der Waals surface area contributed by atoms with Crippen LogP contribution in [0.2, 0.25) is 0 Å². The zero-order valence-corrected chi connectivity index (χ0v) is 14.9. The minimum atomic E-state index is -0.555. The molecule has 1 aromatic carbocycles. The van der Waals surface area contributed by atoms with E-state index in [1.165, 1.54) is 0 Å². The van der Waals surface area contributed by atoms with Gasteiger partial charge in [-0.3, -0.25) is 0 Å². The van der Waals surface area contributed by atoms with Crippen LogP contribution in [0.15, 0.2) is 53.1 Å². The van der Waals surface area contributed by atoms with Gasteiger partial charge in [-0.1, -0.05) is 35.9 Å². The van der Waals surface area contributed by atoms with Crippen molar-refractivity contribution in [1.82, 2.24) is 0 Å². The van der Waals surface area contributed by atoms with E-state index >= 15 is 0 Å². The van der Waals surface area contributed by atoms with E-state index in [1.807, 2.05) is 45.9 Å². The van der Waals surface area contributed by atoms with Gasteiger partial charge in [-0.2, -0.15) is 0 Å². The van der Waals surface area contributed by atoms with Crippen LogP contribution in [-0.2, 0) is 14.3 Å². The number of aryl methyl sites for hydroxylation is 1. The minimum Gasteiger partial charge on any atom is -0.386 e. The maximum absolute atomic E-state index is 12.2. The Hall–Kier alpha value is -2.46. The van der Waals surface area contributed by atoms with Crippen LogP contribution in [0.3, 0.4) is 0 Å². The van der Waals surface area contributed by atoms with Crippen molar-refractivity contribution in [2.75, 3.05) is 0 Å². The molecule has 0 N–H and O–H groups in total. The molecule has 24 heavy (non-hydrogen) atoms. The Balaban J connectivity index is 2.15. The first-order valence-electron chi connectivity index (χ1n) is 7.71. The Kier molecular flexibility index (Phi) is 4.24. The van der Waals surface area contributed by atoms with Crippen LogP contribution < -0.4 is 0 Å². The number of hydrogen-bond donors (Lipinski definition) is 0. The highest BCUT2D eigenvalue weighted by Gasteiger charge is 2.36. The Morgan fingerprint density at radius 1 is 0.958 bits per heavy atom. The number of carbonyl (C=O) groups is 2. The second-order valence-electron chi connectivity index (χ2n) is 6.00. The summed E-state index contributed by atoms with van der Waals surface area (Å²) in [5.41, 5.74) is 4.49. The molecule has 0 saturated carbocycles. The molecule has 1 aliphatic heterocycles. The highest BCUT2D eigenvalue weighted by Crippen LogP contribution is 2.38. The topological polar surface area (TPSA) is 43.4 Å². The third-order valence-corrected chi connectivity index (χ3v) is 5.20. The van der Waals surface area contributed by atoms with Crippen LogP contribution in [0.1, 0.15) is 31.2 Å². The zero-order chi connectivity index (χ0) is 17.4. The van der Waals surface area contributed by atoms with E-state index in [0.717, 1.165) is 32.0 Å². The molecule has 1 aromatic heterocycles. The summed E-state index contributed by atoms with van der Waals surface area (Å²) in [4.78, 5) is 26.4. The Morgan fingerprint density at radius 3 is 2.21 bits per heavy atom. The lowest BCUT2D eigenvalue weighted by molar-refractivity contribution is -0.149. The van der Waals surface area contributed by atoms with E-state index in [9.17, 15) is 9.59 Å². The molecule has 0 spiro atoms. The number of benzene rings is 1. The molecule has 2 aromatic rings. The number of esters is 2. The first-order valence-corrected chi connectivity index (χ1v) is 8.53. The van der Waals surface area contributed by atoms with Crippen molar-refractivity contribution in [3.8, 4) is 10.4 Å². The lowest BCUT2D eigenvalue weighted by atomic mass is 9.95. The summed E-state index contributed by atoms with van der Waals surface area (Å²) in [6.07, 6.45) is 0. The fraction of sp³-hybridized carbons (Fsp3) is 0.200. The van der Waals surface area contributed by atoms with Gasteiger partial charge in [0, 0.05) is 9.75 Å². The number of rotatable bonds is 2. The average molecular weight is 338 g/mol. The molecule has 3 nitrogen and oxygen atoms in total. The fourth-order valence-corrected chi connectivity index (χ4v) is 4.00. The molecule has 0 bridgehead atoms. The average Bonchev–Trinajstić information content (AvgIpc) is 3.07. The summed E-state index contributed by atoms with van der Waals surface area (Å²) >= 11 is 1.68. The van der Waals surface area contributed by atoms with Crippen LogP contribution in [0, 0.1) is 6.92 Å². The molecule has 2 heterocycles. The molecular weight excluding hydrogens is 320 g/mol. The molecule has 0 atom stereocenters. The molecule has 0 aliphatic carbocycles. The van der Waals surface area contributed by atoms with Gasteiger partial charge in [0.05, 0.1) is 11.1 Å². The lowest BCUT2D eigenvalue weighted by Crippen LogP contribution is -1.99. The second-order valence-corrected chi connectivity index (χ2v) is 7.25. The molecule has 4 heteroatoms. The quantitative estimate of drug-likeness (QED) is 0.443. The van der Waals surface area contributed by atoms with E-state index in [0.29, 0.717) is 11.1 Å². The number of ether oxygens (including phenoxy) is 1. The predicted octanol–water partition coefficient (Wildman–Crippen LogP) is 4.92. The van der Waals surface area contributed by atoms with Gasteiger partial charge in [-0.05, 0) is 50.5 Å². The van der Waals surface area contributed by atoms with Crippen molar-refractivity contribution in [3.05, 3.63) is 63.6 Å².